The van der Waals surface area contributed by atoms with E-state index in [2.05, 4.69) is 19.6 Å². The highest BCUT2D eigenvalue weighted by Crippen LogP contribution is 2.26. The summed E-state index contributed by atoms with van der Waals surface area (Å²) in [5.41, 5.74) is 1.71. The zero-order valence-electron chi connectivity index (χ0n) is 21.0. The molecule has 0 amide bonds. The van der Waals surface area contributed by atoms with E-state index in [-0.39, 0.29) is 12.3 Å². The Hall–Kier alpha value is -2.13. The smallest absolute Gasteiger partial charge is 0.263 e. The number of nitrogens with zero attached hydrogens (tertiary/aromatic N) is 2. The minimum Gasteiger partial charge on any atom is -0.489 e. The van der Waals surface area contributed by atoms with Gasteiger partial charge in [0, 0.05) is 39.2 Å². The summed E-state index contributed by atoms with van der Waals surface area (Å²) in [6.45, 7) is 9.96. The van der Waals surface area contributed by atoms with E-state index >= 15 is 0 Å². The first-order chi connectivity index (χ1) is 16.9. The van der Waals surface area contributed by atoms with Gasteiger partial charge in [-0.1, -0.05) is 50.0 Å². The van der Waals surface area contributed by atoms with Crippen LogP contribution < -0.4 is 10.3 Å². The van der Waals surface area contributed by atoms with Crippen molar-refractivity contribution in [2.24, 2.45) is 0 Å². The summed E-state index contributed by atoms with van der Waals surface area (Å²) in [5, 5.41) is 1.11. The van der Waals surface area contributed by atoms with Gasteiger partial charge in [0.2, 0.25) is 0 Å². The van der Waals surface area contributed by atoms with Crippen molar-refractivity contribution in [3.05, 3.63) is 70.3 Å². The van der Waals surface area contributed by atoms with Gasteiger partial charge >= 0.3 is 0 Å². The summed E-state index contributed by atoms with van der Waals surface area (Å²) >= 11 is 1.85. The molecule has 0 unspecified atom stereocenters. The molecule has 8 heteroatoms. The van der Waals surface area contributed by atoms with Crippen LogP contribution in [0.2, 0.25) is 25.7 Å². The summed E-state index contributed by atoms with van der Waals surface area (Å²) in [4.78, 5) is 18.4. The highest BCUT2D eigenvalue weighted by atomic mass is 32.2. The normalized spacial score (nSPS) is 14.9. The maximum absolute atomic E-state index is 13.5. The van der Waals surface area contributed by atoms with Gasteiger partial charge in [-0.2, -0.15) is 11.8 Å². The monoisotopic (exact) mass is 512 g/mol. The topological polar surface area (TPSA) is 62.6 Å². The molecule has 1 fully saturated rings. The van der Waals surface area contributed by atoms with E-state index in [1.807, 2.05) is 60.3 Å². The Morgan fingerprint density at radius 3 is 2.63 bits per heavy atom. The molecule has 0 aliphatic carbocycles. The second-order valence-corrected chi connectivity index (χ2v) is 17.1. The Balaban J connectivity index is 1.55. The lowest BCUT2D eigenvalue weighted by molar-refractivity contribution is 0.0827. The molecule has 0 saturated carbocycles. The van der Waals surface area contributed by atoms with Gasteiger partial charge in [0.15, 0.2) is 0 Å². The summed E-state index contributed by atoms with van der Waals surface area (Å²) in [6.07, 6.45) is 2.07. The van der Waals surface area contributed by atoms with E-state index in [1.165, 1.54) is 0 Å². The predicted molar refractivity (Wildman–Crippen MR) is 146 cm³/mol. The third-order valence-corrected chi connectivity index (χ3v) is 9.16. The van der Waals surface area contributed by atoms with Crippen LogP contribution in [-0.2, 0) is 28.6 Å². The van der Waals surface area contributed by atoms with Crippen molar-refractivity contribution in [1.82, 2.24) is 9.55 Å². The van der Waals surface area contributed by atoms with Crippen LogP contribution in [0, 0.1) is 0 Å². The van der Waals surface area contributed by atoms with Crippen LogP contribution in [0.1, 0.15) is 24.2 Å². The van der Waals surface area contributed by atoms with Gasteiger partial charge in [-0.3, -0.25) is 9.36 Å². The van der Waals surface area contributed by atoms with Crippen molar-refractivity contribution < 1.29 is 14.2 Å². The molecular weight excluding hydrogens is 476 g/mol. The third-order valence-electron chi connectivity index (χ3n) is 6.09. The standard InChI is InChI=1S/C27H36N2O4SSi/c1-35(2,3)16-15-32-20-29-26(19-34-23-11-13-31-14-12-23)28-25-17-22(9-10-24(25)27(29)30)33-18-21-7-5-4-6-8-21/h4-10,17,23H,11-16,18-20H2,1-3H3. The molecule has 0 N–H and O–H groups in total. The Labute approximate surface area is 213 Å². The zero-order valence-corrected chi connectivity index (χ0v) is 22.8. The highest BCUT2D eigenvalue weighted by Gasteiger charge is 2.18. The van der Waals surface area contributed by atoms with E-state index < -0.39 is 8.07 Å². The molecule has 0 spiro atoms. The largest absolute Gasteiger partial charge is 0.489 e. The van der Waals surface area contributed by atoms with Crippen LogP contribution in [0.4, 0.5) is 0 Å². The Bertz CT molecular complexity index is 1160. The van der Waals surface area contributed by atoms with E-state index in [0.29, 0.717) is 40.9 Å². The molecule has 0 bridgehead atoms. The lowest BCUT2D eigenvalue weighted by Crippen LogP contribution is -2.28. The van der Waals surface area contributed by atoms with Gasteiger partial charge in [-0.05, 0) is 36.6 Å². The molecule has 0 atom stereocenters. The average Bonchev–Trinajstić information content (AvgIpc) is 2.86. The molecule has 1 saturated heterocycles. The van der Waals surface area contributed by atoms with Crippen LogP contribution in [0.3, 0.4) is 0 Å². The van der Waals surface area contributed by atoms with Crippen LogP contribution in [0.15, 0.2) is 53.3 Å². The molecule has 4 rings (SSSR count). The number of rotatable bonds is 11. The number of benzene rings is 2. The minimum absolute atomic E-state index is 0.0554. The molecule has 0 radical (unpaired) electrons. The van der Waals surface area contributed by atoms with Gasteiger partial charge < -0.3 is 14.2 Å². The highest BCUT2D eigenvalue weighted by molar-refractivity contribution is 7.99. The first-order valence-corrected chi connectivity index (χ1v) is 17.1. The lowest BCUT2D eigenvalue weighted by atomic mass is 10.2. The van der Waals surface area contributed by atoms with E-state index in [1.54, 1.807) is 4.57 Å². The third kappa shape index (κ3) is 7.67. The SMILES string of the molecule is C[Si](C)(C)CCOCn1c(CSC2CCOCC2)nc2cc(OCc3ccccc3)ccc2c1=O. The van der Waals surface area contributed by atoms with Crippen LogP contribution in [-0.4, -0.2) is 42.7 Å². The van der Waals surface area contributed by atoms with Crippen molar-refractivity contribution in [1.29, 1.82) is 0 Å². The maximum atomic E-state index is 13.5. The second kappa shape index (κ2) is 12.2. The summed E-state index contributed by atoms with van der Waals surface area (Å²) in [6, 6.07) is 16.7. The van der Waals surface area contributed by atoms with Gasteiger partial charge in [0.05, 0.1) is 16.7 Å². The fourth-order valence-electron chi connectivity index (χ4n) is 3.89. The molecule has 188 valence electrons. The summed E-state index contributed by atoms with van der Waals surface area (Å²) in [5.74, 6) is 2.13. The van der Waals surface area contributed by atoms with Crippen molar-refractivity contribution in [3.8, 4) is 5.75 Å². The quantitative estimate of drug-likeness (QED) is 0.243. The minimum atomic E-state index is -1.20. The molecule has 1 aliphatic rings. The number of ether oxygens (including phenoxy) is 3. The number of thioether (sulfide) groups is 1. The van der Waals surface area contributed by atoms with E-state index in [0.717, 1.165) is 43.5 Å². The van der Waals surface area contributed by atoms with Crippen molar-refractivity contribution >= 4 is 30.7 Å². The van der Waals surface area contributed by atoms with Crippen LogP contribution in [0.25, 0.3) is 10.9 Å². The van der Waals surface area contributed by atoms with Gasteiger partial charge in [-0.15, -0.1) is 0 Å². The average molecular weight is 513 g/mol. The fraction of sp³-hybridized carbons (Fsp3) is 0.481. The van der Waals surface area contributed by atoms with Gasteiger partial charge in [0.1, 0.15) is 24.9 Å². The second-order valence-electron chi connectivity index (χ2n) is 10.2. The molecule has 3 aromatic rings. The summed E-state index contributed by atoms with van der Waals surface area (Å²) in [7, 11) is -1.20. The number of aromatic nitrogens is 2. The number of fused-ring (bicyclic) bond motifs is 1. The number of hydrogen-bond acceptors (Lipinski definition) is 6. The van der Waals surface area contributed by atoms with Crippen molar-refractivity contribution in [3.63, 3.8) is 0 Å². The zero-order chi connectivity index (χ0) is 24.7. The van der Waals surface area contributed by atoms with Crippen molar-refractivity contribution in [2.45, 2.75) is 62.9 Å². The van der Waals surface area contributed by atoms with E-state index in [9.17, 15) is 4.79 Å². The first kappa shape index (κ1) is 25.9. The maximum Gasteiger partial charge on any atom is 0.263 e. The number of hydrogen-bond donors (Lipinski definition) is 0. The van der Waals surface area contributed by atoms with Crippen molar-refractivity contribution in [2.75, 3.05) is 19.8 Å². The van der Waals surface area contributed by atoms with E-state index in [4.69, 9.17) is 19.2 Å². The Morgan fingerprint density at radius 2 is 1.89 bits per heavy atom. The van der Waals surface area contributed by atoms with Crippen LogP contribution >= 0.6 is 11.8 Å². The molecule has 6 nitrogen and oxygen atoms in total. The fourth-order valence-corrected chi connectivity index (χ4v) is 5.78. The van der Waals surface area contributed by atoms with Crippen LogP contribution in [0.5, 0.6) is 5.75 Å². The Morgan fingerprint density at radius 1 is 1.11 bits per heavy atom. The Kier molecular flexibility index (Phi) is 9.05. The lowest BCUT2D eigenvalue weighted by Gasteiger charge is -2.22. The molecule has 35 heavy (non-hydrogen) atoms. The van der Waals surface area contributed by atoms with Gasteiger partial charge in [0.25, 0.3) is 5.56 Å². The predicted octanol–water partition coefficient (Wildman–Crippen LogP) is 5.70. The van der Waals surface area contributed by atoms with Gasteiger partial charge in [-0.25, -0.2) is 4.98 Å². The first-order valence-electron chi connectivity index (χ1n) is 12.4. The molecule has 2 aromatic carbocycles. The molecule has 1 aromatic heterocycles. The summed E-state index contributed by atoms with van der Waals surface area (Å²) < 4.78 is 19.2. The molecular formula is C27H36N2O4SSi. The molecule has 1 aliphatic heterocycles. The molecule has 2 heterocycles.